The number of hydrogen-bond acceptors (Lipinski definition) is 6. The number of amides is 1. The van der Waals surface area contributed by atoms with Crippen LogP contribution in [-0.4, -0.2) is 62.1 Å². The monoisotopic (exact) mass is 445 g/mol. The number of ether oxygens (including phenoxy) is 1. The summed E-state index contributed by atoms with van der Waals surface area (Å²) in [5.74, 6) is 0.754. The number of nitriles is 1. The summed E-state index contributed by atoms with van der Waals surface area (Å²) in [4.78, 5) is 15.6. The SMILES string of the molecule is COc1ccc(SC(C)C(=O)N2CCN(S(=O)(=O)c3ccc(C#N)cc3)CC2)cc1. The molecule has 1 amide bonds. The zero-order valence-corrected chi connectivity index (χ0v) is 18.4. The van der Waals surface area contributed by atoms with Crippen molar-refractivity contribution in [3.05, 3.63) is 54.1 Å². The van der Waals surface area contributed by atoms with Crippen molar-refractivity contribution in [2.45, 2.75) is 22.0 Å². The van der Waals surface area contributed by atoms with Gasteiger partial charge in [-0.2, -0.15) is 9.57 Å². The van der Waals surface area contributed by atoms with Crippen molar-refractivity contribution in [3.63, 3.8) is 0 Å². The molecular formula is C21H23N3O4S2. The summed E-state index contributed by atoms with van der Waals surface area (Å²) in [7, 11) is -2.04. The molecule has 7 nitrogen and oxygen atoms in total. The largest absolute Gasteiger partial charge is 0.497 e. The number of carbonyl (C=O) groups excluding carboxylic acids is 1. The molecule has 2 aromatic carbocycles. The first-order valence-electron chi connectivity index (χ1n) is 9.45. The molecule has 0 bridgehead atoms. The molecule has 1 atom stereocenters. The van der Waals surface area contributed by atoms with E-state index in [2.05, 4.69) is 0 Å². The van der Waals surface area contributed by atoms with Gasteiger partial charge in [0.2, 0.25) is 15.9 Å². The summed E-state index contributed by atoms with van der Waals surface area (Å²) in [6.45, 7) is 3.04. The van der Waals surface area contributed by atoms with Gasteiger partial charge in [-0.3, -0.25) is 4.79 Å². The van der Waals surface area contributed by atoms with E-state index in [1.807, 2.05) is 37.3 Å². The highest BCUT2D eigenvalue weighted by molar-refractivity contribution is 8.00. The van der Waals surface area contributed by atoms with Crippen LogP contribution >= 0.6 is 11.8 Å². The predicted octanol–water partition coefficient (Wildman–Crippen LogP) is 2.58. The molecule has 0 saturated carbocycles. The van der Waals surface area contributed by atoms with Crippen molar-refractivity contribution in [1.82, 2.24) is 9.21 Å². The van der Waals surface area contributed by atoms with Crippen LogP contribution in [-0.2, 0) is 14.8 Å². The van der Waals surface area contributed by atoms with Gasteiger partial charge in [-0.1, -0.05) is 0 Å². The Morgan fingerprint density at radius 1 is 1.07 bits per heavy atom. The average Bonchev–Trinajstić information content (AvgIpc) is 2.79. The number of carbonyl (C=O) groups is 1. The van der Waals surface area contributed by atoms with Crippen LogP contribution in [0, 0.1) is 11.3 Å². The third-order valence-corrected chi connectivity index (χ3v) is 7.90. The van der Waals surface area contributed by atoms with Gasteiger partial charge in [0.25, 0.3) is 0 Å². The molecule has 9 heteroatoms. The number of sulfonamides is 1. The lowest BCUT2D eigenvalue weighted by Gasteiger charge is -2.35. The first-order valence-corrected chi connectivity index (χ1v) is 11.8. The predicted molar refractivity (Wildman–Crippen MR) is 115 cm³/mol. The lowest BCUT2D eigenvalue weighted by molar-refractivity contribution is -0.131. The minimum absolute atomic E-state index is 0.00811. The fraction of sp³-hybridized carbons (Fsp3) is 0.333. The zero-order chi connectivity index (χ0) is 21.7. The summed E-state index contributed by atoms with van der Waals surface area (Å²) in [6.07, 6.45) is 0. The first kappa shape index (κ1) is 22.2. The highest BCUT2D eigenvalue weighted by Gasteiger charge is 2.31. The Balaban J connectivity index is 1.58. The van der Waals surface area contributed by atoms with Gasteiger partial charge in [0.1, 0.15) is 5.75 Å². The lowest BCUT2D eigenvalue weighted by atomic mass is 10.2. The molecule has 158 valence electrons. The average molecular weight is 446 g/mol. The second-order valence-corrected chi connectivity index (χ2v) is 10.2. The van der Waals surface area contributed by atoms with Crippen molar-refractivity contribution in [3.8, 4) is 11.8 Å². The van der Waals surface area contributed by atoms with E-state index in [0.29, 0.717) is 18.7 Å². The van der Waals surface area contributed by atoms with Crippen molar-refractivity contribution < 1.29 is 17.9 Å². The molecule has 0 radical (unpaired) electrons. The summed E-state index contributed by atoms with van der Waals surface area (Å²) in [5.41, 5.74) is 0.410. The molecule has 30 heavy (non-hydrogen) atoms. The van der Waals surface area contributed by atoms with Crippen molar-refractivity contribution in [1.29, 1.82) is 5.26 Å². The van der Waals surface area contributed by atoms with Crippen molar-refractivity contribution >= 4 is 27.7 Å². The summed E-state index contributed by atoms with van der Waals surface area (Å²) in [5, 5.41) is 8.59. The van der Waals surface area contributed by atoms with Gasteiger partial charge in [0, 0.05) is 31.1 Å². The number of benzene rings is 2. The van der Waals surface area contributed by atoms with E-state index in [-0.39, 0.29) is 29.1 Å². The molecule has 0 spiro atoms. The number of hydrogen-bond donors (Lipinski definition) is 0. The fourth-order valence-corrected chi connectivity index (χ4v) is 5.54. The van der Waals surface area contributed by atoms with E-state index >= 15 is 0 Å². The Kier molecular flexibility index (Phi) is 7.02. The Bertz CT molecular complexity index is 1020. The van der Waals surface area contributed by atoms with Gasteiger partial charge >= 0.3 is 0 Å². The maximum Gasteiger partial charge on any atom is 0.243 e. The van der Waals surface area contributed by atoms with E-state index in [9.17, 15) is 13.2 Å². The van der Waals surface area contributed by atoms with Crippen LogP contribution in [0.15, 0.2) is 58.3 Å². The zero-order valence-electron chi connectivity index (χ0n) is 16.8. The smallest absolute Gasteiger partial charge is 0.243 e. The second-order valence-electron chi connectivity index (χ2n) is 6.80. The third-order valence-electron chi connectivity index (χ3n) is 4.89. The number of nitrogens with zero attached hydrogens (tertiary/aromatic N) is 3. The van der Waals surface area contributed by atoms with Gasteiger partial charge < -0.3 is 9.64 Å². The first-order chi connectivity index (χ1) is 14.3. The molecule has 1 aliphatic rings. The normalized spacial score (nSPS) is 16.0. The van der Waals surface area contributed by atoms with E-state index < -0.39 is 10.0 Å². The molecule has 1 saturated heterocycles. The van der Waals surface area contributed by atoms with Crippen LogP contribution in [0.5, 0.6) is 5.75 Å². The third kappa shape index (κ3) is 4.95. The molecule has 0 aliphatic carbocycles. The van der Waals surface area contributed by atoms with E-state index in [1.165, 1.54) is 40.3 Å². The van der Waals surface area contributed by atoms with E-state index in [4.69, 9.17) is 10.00 Å². The van der Waals surface area contributed by atoms with Crippen LogP contribution in [0.1, 0.15) is 12.5 Å². The van der Waals surface area contributed by atoms with Crippen LogP contribution in [0.2, 0.25) is 0 Å². The molecule has 2 aromatic rings. The van der Waals surface area contributed by atoms with Crippen molar-refractivity contribution in [2.24, 2.45) is 0 Å². The number of rotatable bonds is 6. The van der Waals surface area contributed by atoms with Gasteiger partial charge in [-0.15, -0.1) is 11.8 Å². The van der Waals surface area contributed by atoms with E-state index in [0.717, 1.165) is 10.6 Å². The molecule has 0 N–H and O–H groups in total. The van der Waals surface area contributed by atoms with Gasteiger partial charge in [0.15, 0.2) is 0 Å². The number of thioether (sulfide) groups is 1. The summed E-state index contributed by atoms with van der Waals surface area (Å²) >= 11 is 1.47. The van der Waals surface area contributed by atoms with Crippen LogP contribution in [0.4, 0.5) is 0 Å². The number of piperazine rings is 1. The maximum absolute atomic E-state index is 12.8. The fourth-order valence-electron chi connectivity index (χ4n) is 3.17. The van der Waals surface area contributed by atoms with Gasteiger partial charge in [0.05, 0.1) is 28.9 Å². The second kappa shape index (κ2) is 9.51. The summed E-state index contributed by atoms with van der Waals surface area (Å²) < 4.78 is 32.2. The topological polar surface area (TPSA) is 90.7 Å². The minimum Gasteiger partial charge on any atom is -0.497 e. The Hall–Kier alpha value is -2.54. The molecule has 1 fully saturated rings. The summed E-state index contributed by atoms with van der Waals surface area (Å²) in [6, 6.07) is 15.4. The standard InChI is InChI=1S/C21H23N3O4S2/c1-16(29-19-7-5-18(28-2)6-8-19)21(25)23-11-13-24(14-12-23)30(26,27)20-9-3-17(15-22)4-10-20/h3-10,16H,11-14H2,1-2H3. The van der Waals surface area contributed by atoms with Crippen LogP contribution in [0.25, 0.3) is 0 Å². The van der Waals surface area contributed by atoms with Gasteiger partial charge in [-0.05, 0) is 55.5 Å². The van der Waals surface area contributed by atoms with Gasteiger partial charge in [-0.25, -0.2) is 8.42 Å². The van der Waals surface area contributed by atoms with Crippen molar-refractivity contribution in [2.75, 3.05) is 33.3 Å². The molecule has 1 unspecified atom stereocenters. The molecule has 0 aromatic heterocycles. The van der Waals surface area contributed by atoms with Crippen LogP contribution in [0.3, 0.4) is 0 Å². The van der Waals surface area contributed by atoms with E-state index in [1.54, 1.807) is 12.0 Å². The molecular weight excluding hydrogens is 422 g/mol. The Morgan fingerprint density at radius 3 is 2.20 bits per heavy atom. The lowest BCUT2D eigenvalue weighted by Crippen LogP contribution is -2.52. The Labute approximate surface area is 181 Å². The maximum atomic E-state index is 12.8. The quantitative estimate of drug-likeness (QED) is 0.635. The Morgan fingerprint density at radius 2 is 1.67 bits per heavy atom. The molecule has 1 heterocycles. The van der Waals surface area contributed by atoms with Crippen LogP contribution < -0.4 is 4.74 Å². The minimum atomic E-state index is -3.64. The highest BCUT2D eigenvalue weighted by atomic mass is 32.2. The molecule has 1 aliphatic heterocycles. The highest BCUT2D eigenvalue weighted by Crippen LogP contribution is 2.27. The number of methoxy groups -OCH3 is 1. The molecule has 3 rings (SSSR count).